The van der Waals surface area contributed by atoms with Gasteiger partial charge >= 0.3 is 6.09 Å². The highest BCUT2D eigenvalue weighted by molar-refractivity contribution is 6.30. The Balaban J connectivity index is 1.71. The van der Waals surface area contributed by atoms with Crippen LogP contribution < -0.4 is 10.6 Å². The summed E-state index contributed by atoms with van der Waals surface area (Å²) in [5.74, 6) is 5.42. The number of rotatable bonds is 3. The number of amides is 2. The van der Waals surface area contributed by atoms with E-state index in [1.54, 1.807) is 24.3 Å². The lowest BCUT2D eigenvalue weighted by atomic mass is 10.1. The van der Waals surface area contributed by atoms with E-state index >= 15 is 0 Å². The quantitative estimate of drug-likeness (QED) is 0.793. The predicted molar refractivity (Wildman–Crippen MR) is 102 cm³/mol. The van der Waals surface area contributed by atoms with Crippen LogP contribution in [0.3, 0.4) is 0 Å². The first-order valence-electron chi connectivity index (χ1n) is 8.76. The van der Waals surface area contributed by atoms with Crippen LogP contribution in [0.4, 0.5) is 4.79 Å². The zero-order valence-electron chi connectivity index (χ0n) is 15.4. The average Bonchev–Trinajstić information content (AvgIpc) is 2.98. The molecule has 26 heavy (non-hydrogen) atoms. The van der Waals surface area contributed by atoms with Crippen molar-refractivity contribution in [3.63, 3.8) is 0 Å². The first-order chi connectivity index (χ1) is 12.2. The van der Waals surface area contributed by atoms with Gasteiger partial charge in [-0.1, -0.05) is 17.5 Å². The Morgan fingerprint density at radius 1 is 1.23 bits per heavy atom. The van der Waals surface area contributed by atoms with Gasteiger partial charge in [0.2, 0.25) is 0 Å². The molecule has 1 aromatic carbocycles. The van der Waals surface area contributed by atoms with Gasteiger partial charge in [-0.05, 0) is 70.2 Å². The number of carbonyl (C=O) groups excluding carboxylic acids is 2. The highest BCUT2D eigenvalue weighted by atomic mass is 35.5. The van der Waals surface area contributed by atoms with Gasteiger partial charge in [0.05, 0.1) is 0 Å². The molecule has 1 aliphatic carbocycles. The number of alkyl carbamates (subject to hydrolysis) is 1. The van der Waals surface area contributed by atoms with Gasteiger partial charge in [0.1, 0.15) is 5.60 Å². The molecular weight excluding hydrogens is 352 g/mol. The minimum atomic E-state index is -0.501. The molecule has 0 aromatic heterocycles. The van der Waals surface area contributed by atoms with Gasteiger partial charge in [0, 0.05) is 29.1 Å². The number of benzene rings is 1. The zero-order chi connectivity index (χ0) is 19.2. The van der Waals surface area contributed by atoms with E-state index in [1.165, 1.54) is 0 Å². The van der Waals surface area contributed by atoms with Gasteiger partial charge in [-0.3, -0.25) is 4.79 Å². The summed E-state index contributed by atoms with van der Waals surface area (Å²) in [6.07, 6.45) is 2.27. The maximum atomic E-state index is 11.9. The van der Waals surface area contributed by atoms with Crippen LogP contribution in [0, 0.1) is 17.8 Å². The molecule has 0 aliphatic heterocycles. The van der Waals surface area contributed by atoms with Crippen molar-refractivity contribution in [2.24, 2.45) is 5.92 Å². The summed E-state index contributed by atoms with van der Waals surface area (Å²) in [4.78, 5) is 23.7. The molecular formula is C20H25ClN2O3. The van der Waals surface area contributed by atoms with Gasteiger partial charge in [0.25, 0.3) is 5.91 Å². The van der Waals surface area contributed by atoms with Crippen LogP contribution in [-0.2, 0) is 9.53 Å². The standard InChI is InChI=1S/C20H25ClN2O3/c1-20(2,3)26-19(25)23-17-10-6-15(12-17)13-22-18(24)11-7-14-4-8-16(21)9-5-14/h4-5,8-9,15,17H,6,10,12-13H2,1-3H3,(H,22,24)(H,23,25). The predicted octanol–water partition coefficient (Wildman–Crippen LogP) is 3.50. The van der Waals surface area contributed by atoms with Crippen molar-refractivity contribution in [3.8, 4) is 11.8 Å². The van der Waals surface area contributed by atoms with Crippen molar-refractivity contribution >= 4 is 23.6 Å². The number of carbonyl (C=O) groups is 2. The maximum absolute atomic E-state index is 11.9. The summed E-state index contributed by atoms with van der Waals surface area (Å²) >= 11 is 5.81. The van der Waals surface area contributed by atoms with Crippen molar-refractivity contribution in [1.29, 1.82) is 0 Å². The molecule has 5 nitrogen and oxygen atoms in total. The Labute approximate surface area is 159 Å². The summed E-state index contributed by atoms with van der Waals surface area (Å²) < 4.78 is 5.27. The molecule has 1 fully saturated rings. The average molecular weight is 377 g/mol. The molecule has 0 bridgehead atoms. The second-order valence-electron chi connectivity index (χ2n) is 7.49. The Bertz CT molecular complexity index is 698. The van der Waals surface area contributed by atoms with Crippen LogP contribution in [0.25, 0.3) is 0 Å². The van der Waals surface area contributed by atoms with E-state index in [-0.39, 0.29) is 18.0 Å². The molecule has 1 aromatic rings. The Morgan fingerprint density at radius 3 is 2.58 bits per heavy atom. The molecule has 0 saturated heterocycles. The van der Waals surface area contributed by atoms with Crippen LogP contribution in [0.5, 0.6) is 0 Å². The second-order valence-corrected chi connectivity index (χ2v) is 7.93. The van der Waals surface area contributed by atoms with Crippen LogP contribution >= 0.6 is 11.6 Å². The normalized spacial score (nSPS) is 19.2. The smallest absolute Gasteiger partial charge is 0.407 e. The SMILES string of the molecule is CC(C)(C)OC(=O)NC1CCC(CNC(=O)C#Cc2ccc(Cl)cc2)C1. The number of halogens is 1. The third-order valence-electron chi connectivity index (χ3n) is 3.98. The monoisotopic (exact) mass is 376 g/mol. The van der Waals surface area contributed by atoms with Crippen molar-refractivity contribution in [2.75, 3.05) is 6.54 Å². The molecule has 2 N–H and O–H groups in total. The van der Waals surface area contributed by atoms with Gasteiger partial charge in [-0.25, -0.2) is 4.79 Å². The van der Waals surface area contributed by atoms with E-state index < -0.39 is 5.60 Å². The van der Waals surface area contributed by atoms with E-state index in [2.05, 4.69) is 22.5 Å². The lowest BCUT2D eigenvalue weighted by Crippen LogP contribution is -2.38. The highest BCUT2D eigenvalue weighted by Crippen LogP contribution is 2.25. The molecule has 1 saturated carbocycles. The molecule has 140 valence electrons. The Hall–Kier alpha value is -2.19. The Morgan fingerprint density at radius 2 is 1.92 bits per heavy atom. The first kappa shape index (κ1) is 20.1. The fourth-order valence-corrected chi connectivity index (χ4v) is 2.94. The molecule has 6 heteroatoms. The van der Waals surface area contributed by atoms with Gasteiger partial charge in [-0.15, -0.1) is 0 Å². The number of hydrogen-bond acceptors (Lipinski definition) is 3. The van der Waals surface area contributed by atoms with Crippen molar-refractivity contribution in [2.45, 2.75) is 51.7 Å². The summed E-state index contributed by atoms with van der Waals surface area (Å²) in [6, 6.07) is 7.10. The van der Waals surface area contributed by atoms with E-state index in [4.69, 9.17) is 16.3 Å². The maximum Gasteiger partial charge on any atom is 0.407 e. The molecule has 0 spiro atoms. The van der Waals surface area contributed by atoms with Crippen molar-refractivity contribution in [1.82, 2.24) is 10.6 Å². The largest absolute Gasteiger partial charge is 0.444 e. The minimum Gasteiger partial charge on any atom is -0.444 e. The third kappa shape index (κ3) is 7.37. The Kier molecular flexibility index (Phi) is 6.93. The van der Waals surface area contributed by atoms with Gasteiger partial charge in [-0.2, -0.15) is 0 Å². The number of nitrogens with one attached hydrogen (secondary N) is 2. The van der Waals surface area contributed by atoms with E-state index in [9.17, 15) is 9.59 Å². The van der Waals surface area contributed by atoms with Gasteiger partial charge in [0.15, 0.2) is 0 Å². The first-order valence-corrected chi connectivity index (χ1v) is 9.14. The number of hydrogen-bond donors (Lipinski definition) is 2. The zero-order valence-corrected chi connectivity index (χ0v) is 16.2. The molecule has 2 rings (SSSR count). The minimum absolute atomic E-state index is 0.0897. The molecule has 0 heterocycles. The lowest BCUT2D eigenvalue weighted by Gasteiger charge is -2.21. The summed E-state index contributed by atoms with van der Waals surface area (Å²) in [7, 11) is 0. The van der Waals surface area contributed by atoms with Crippen LogP contribution in [0.1, 0.15) is 45.6 Å². The van der Waals surface area contributed by atoms with Crippen LogP contribution in [0.2, 0.25) is 5.02 Å². The molecule has 2 atom stereocenters. The molecule has 1 aliphatic rings. The fraction of sp³-hybridized carbons (Fsp3) is 0.500. The fourth-order valence-electron chi connectivity index (χ4n) is 2.81. The summed E-state index contributed by atoms with van der Waals surface area (Å²) in [5, 5.41) is 6.36. The topological polar surface area (TPSA) is 67.4 Å². The molecule has 0 radical (unpaired) electrons. The van der Waals surface area contributed by atoms with E-state index in [1.807, 2.05) is 20.8 Å². The van der Waals surface area contributed by atoms with E-state index in [0.717, 1.165) is 24.8 Å². The molecule has 2 amide bonds. The highest BCUT2D eigenvalue weighted by Gasteiger charge is 2.27. The summed E-state index contributed by atoms with van der Waals surface area (Å²) in [5.41, 5.74) is 0.241. The van der Waals surface area contributed by atoms with Crippen molar-refractivity contribution < 1.29 is 14.3 Å². The van der Waals surface area contributed by atoms with Crippen molar-refractivity contribution in [3.05, 3.63) is 34.9 Å². The van der Waals surface area contributed by atoms with E-state index in [0.29, 0.717) is 17.5 Å². The third-order valence-corrected chi connectivity index (χ3v) is 4.23. The lowest BCUT2D eigenvalue weighted by molar-refractivity contribution is -0.115. The molecule has 2 unspecified atom stereocenters. The summed E-state index contributed by atoms with van der Waals surface area (Å²) in [6.45, 7) is 6.07. The number of ether oxygens (including phenoxy) is 1. The van der Waals surface area contributed by atoms with Crippen LogP contribution in [0.15, 0.2) is 24.3 Å². The van der Waals surface area contributed by atoms with Gasteiger partial charge < -0.3 is 15.4 Å². The van der Waals surface area contributed by atoms with Crippen LogP contribution in [-0.4, -0.2) is 30.2 Å². The second kappa shape index (κ2) is 8.95.